The van der Waals surface area contributed by atoms with E-state index in [1.807, 2.05) is 0 Å². The Balaban J connectivity index is 1.28. The van der Waals surface area contributed by atoms with Crippen LogP contribution < -0.4 is 15.5 Å². The lowest BCUT2D eigenvalue weighted by atomic mass is 9.73. The zero-order valence-corrected chi connectivity index (χ0v) is 24.1. The fraction of sp³-hybridized carbons (Fsp3) is 0.469. The van der Waals surface area contributed by atoms with Gasteiger partial charge < -0.3 is 24.4 Å². The zero-order chi connectivity index (χ0) is 27.4. The Morgan fingerprint density at radius 3 is 2.72 bits per heavy atom. The van der Waals surface area contributed by atoms with Gasteiger partial charge in [0.25, 0.3) is 0 Å². The van der Waals surface area contributed by atoms with E-state index in [-0.39, 0.29) is 17.1 Å². The number of hydrogen-bond donors (Lipinski definition) is 2. The number of imidazole rings is 1. The number of aromatic amines is 1. The number of benzene rings is 3. The van der Waals surface area contributed by atoms with Crippen LogP contribution in [0.25, 0.3) is 32.9 Å². The number of nitrogens with zero attached hydrogens (tertiary/aromatic N) is 1. The molecule has 0 radical (unpaired) electrons. The molecule has 0 spiro atoms. The van der Waals surface area contributed by atoms with Crippen molar-refractivity contribution in [3.05, 3.63) is 53.9 Å². The van der Waals surface area contributed by atoms with Crippen molar-refractivity contribution in [1.82, 2.24) is 15.3 Å². The third-order valence-corrected chi connectivity index (χ3v) is 9.50. The highest BCUT2D eigenvalue weighted by Gasteiger charge is 2.36. The molecule has 6 rings (SSSR count). The summed E-state index contributed by atoms with van der Waals surface area (Å²) in [7, 11) is 2.36. The summed E-state index contributed by atoms with van der Waals surface area (Å²) in [5, 5.41) is 5.93. The molecule has 2 aliphatic rings. The van der Waals surface area contributed by atoms with Crippen molar-refractivity contribution in [1.29, 1.82) is 0 Å². The number of aromatic nitrogens is 2. The first-order valence-corrected chi connectivity index (χ1v) is 14.3. The van der Waals surface area contributed by atoms with E-state index >= 15 is 0 Å². The molecule has 0 saturated carbocycles. The summed E-state index contributed by atoms with van der Waals surface area (Å²) >= 11 is 0. The van der Waals surface area contributed by atoms with Gasteiger partial charge in [0.1, 0.15) is 18.2 Å². The number of ether oxygens (including phenoxy) is 2. The maximum Gasteiger partial charge on any atom is 0.309 e. The summed E-state index contributed by atoms with van der Waals surface area (Å²) in [6.07, 6.45) is 2.10. The second kappa shape index (κ2) is 9.95. The van der Waals surface area contributed by atoms with Crippen molar-refractivity contribution in [2.24, 2.45) is 11.3 Å². The second-order valence-corrected chi connectivity index (χ2v) is 12.5. The molecule has 2 N–H and O–H groups in total. The number of fused-ring (bicyclic) bond motifs is 6. The molecule has 7 heteroatoms. The van der Waals surface area contributed by atoms with Crippen LogP contribution in [0.15, 0.2) is 42.5 Å². The number of methoxy groups -OCH3 is 1. The van der Waals surface area contributed by atoms with Crippen LogP contribution in [0.5, 0.6) is 5.75 Å². The van der Waals surface area contributed by atoms with Crippen molar-refractivity contribution < 1.29 is 14.1 Å². The molecular formula is C32H40BN3O3. The molecule has 1 fully saturated rings. The molecule has 3 aromatic carbocycles. The van der Waals surface area contributed by atoms with E-state index in [0.717, 1.165) is 59.6 Å². The maximum atomic E-state index is 6.43. The minimum atomic E-state index is -0.211. The second-order valence-electron chi connectivity index (χ2n) is 12.5. The van der Waals surface area contributed by atoms with E-state index in [9.17, 15) is 0 Å². The van der Waals surface area contributed by atoms with Crippen molar-refractivity contribution >= 4 is 34.8 Å². The summed E-state index contributed by atoms with van der Waals surface area (Å²) in [4.78, 5) is 8.57. The Morgan fingerprint density at radius 1 is 1.08 bits per heavy atom. The first-order valence-electron chi connectivity index (χ1n) is 14.3. The summed E-state index contributed by atoms with van der Waals surface area (Å²) in [6.45, 7) is 13.5. The molecule has 0 aliphatic carbocycles. The van der Waals surface area contributed by atoms with E-state index in [0.29, 0.717) is 20.0 Å². The topological polar surface area (TPSA) is 68.4 Å². The van der Waals surface area contributed by atoms with Crippen LogP contribution in [0.4, 0.5) is 0 Å². The first kappa shape index (κ1) is 26.4. The average molecular weight is 526 g/mol. The molecule has 3 heterocycles. The predicted molar refractivity (Wildman–Crippen MR) is 160 cm³/mol. The fourth-order valence-electron chi connectivity index (χ4n) is 5.89. The number of nitrogens with one attached hydrogen (secondary N) is 2. The van der Waals surface area contributed by atoms with E-state index in [1.165, 1.54) is 22.0 Å². The quantitative estimate of drug-likeness (QED) is 0.286. The molecule has 0 amide bonds. The monoisotopic (exact) mass is 525 g/mol. The smallest absolute Gasteiger partial charge is 0.309 e. The molecule has 0 bridgehead atoms. The van der Waals surface area contributed by atoms with Gasteiger partial charge in [-0.3, -0.25) is 0 Å². The standard InChI is InChI=1S/C32H40BN3O3/c1-7-31(2,3)32(4,5)39-33-22-9-10-23-21(13-22)18-38-28-15-24-20(14-25(23)28)8-11-26-29(24)36-30(35-26)27-12-19(16-34-27)17-37-6/h8-11,13-15,19,27,33-34H,7,12,16-18H2,1-6H3,(H,35,36)/t19-,27-/m0/s1. The van der Waals surface area contributed by atoms with Crippen molar-refractivity contribution in [2.75, 3.05) is 20.3 Å². The summed E-state index contributed by atoms with van der Waals surface area (Å²) in [5.41, 5.74) is 6.72. The Morgan fingerprint density at radius 2 is 1.92 bits per heavy atom. The molecule has 4 aromatic rings. The van der Waals surface area contributed by atoms with E-state index in [4.69, 9.17) is 19.1 Å². The average Bonchev–Trinajstić information content (AvgIpc) is 3.58. The highest BCUT2D eigenvalue weighted by Crippen LogP contribution is 2.42. The Bertz CT molecular complexity index is 1530. The normalized spacial score (nSPS) is 19.2. The highest BCUT2D eigenvalue weighted by molar-refractivity contribution is 6.47. The van der Waals surface area contributed by atoms with Gasteiger partial charge in [-0.05, 0) is 72.7 Å². The molecule has 2 aliphatic heterocycles. The Kier molecular flexibility index (Phi) is 6.73. The van der Waals surface area contributed by atoms with Gasteiger partial charge in [-0.2, -0.15) is 0 Å². The van der Waals surface area contributed by atoms with Crippen molar-refractivity contribution in [3.8, 4) is 16.9 Å². The molecule has 1 saturated heterocycles. The molecule has 204 valence electrons. The molecular weight excluding hydrogens is 485 g/mol. The lowest BCUT2D eigenvalue weighted by Gasteiger charge is -2.41. The zero-order valence-electron chi connectivity index (χ0n) is 24.1. The third-order valence-electron chi connectivity index (χ3n) is 9.50. The van der Waals surface area contributed by atoms with E-state index in [1.54, 1.807) is 7.11 Å². The van der Waals surface area contributed by atoms with Crippen molar-refractivity contribution in [3.63, 3.8) is 0 Å². The maximum absolute atomic E-state index is 6.43. The molecule has 1 aromatic heterocycles. The molecule has 2 atom stereocenters. The highest BCUT2D eigenvalue weighted by atomic mass is 16.5. The van der Waals surface area contributed by atoms with Crippen LogP contribution in [-0.2, 0) is 16.0 Å². The van der Waals surface area contributed by atoms with Crippen LogP contribution in [0.3, 0.4) is 0 Å². The van der Waals surface area contributed by atoms with Crippen LogP contribution in [0.2, 0.25) is 0 Å². The fourth-order valence-corrected chi connectivity index (χ4v) is 5.89. The SMILES string of the molecule is CCC(C)(C)C(C)(C)OBc1ccc2c(c1)COc1cc3c(ccc4nc([C@@H]5C[C@H](COC)CN5)[nH]c43)cc1-2. The minimum absolute atomic E-state index is 0.102. The molecule has 39 heavy (non-hydrogen) atoms. The minimum Gasteiger partial charge on any atom is -0.488 e. The van der Waals surface area contributed by atoms with E-state index < -0.39 is 0 Å². The largest absolute Gasteiger partial charge is 0.488 e. The number of hydrogen-bond acceptors (Lipinski definition) is 5. The van der Waals surface area contributed by atoms with Crippen LogP contribution in [-0.4, -0.2) is 43.3 Å². The predicted octanol–water partition coefficient (Wildman–Crippen LogP) is 5.78. The lowest BCUT2D eigenvalue weighted by Crippen LogP contribution is -2.44. The van der Waals surface area contributed by atoms with Gasteiger partial charge >= 0.3 is 7.48 Å². The summed E-state index contributed by atoms with van der Waals surface area (Å²) < 4.78 is 18.1. The summed E-state index contributed by atoms with van der Waals surface area (Å²) in [6, 6.07) is 15.6. The van der Waals surface area contributed by atoms with Gasteiger partial charge in [0.2, 0.25) is 0 Å². The van der Waals surface area contributed by atoms with Crippen molar-refractivity contribution in [2.45, 2.75) is 65.7 Å². The lowest BCUT2D eigenvalue weighted by molar-refractivity contribution is -0.00927. The van der Waals surface area contributed by atoms with Gasteiger partial charge in [0.15, 0.2) is 0 Å². The number of H-pyrrole nitrogens is 1. The van der Waals surface area contributed by atoms with Gasteiger partial charge in [0, 0.05) is 24.6 Å². The third kappa shape index (κ3) is 4.75. The first-order chi connectivity index (χ1) is 18.7. The van der Waals surface area contributed by atoms with Crippen LogP contribution in [0.1, 0.15) is 64.9 Å². The summed E-state index contributed by atoms with van der Waals surface area (Å²) in [5.74, 6) is 2.44. The van der Waals surface area contributed by atoms with Crippen LogP contribution in [0, 0.1) is 11.3 Å². The van der Waals surface area contributed by atoms with Gasteiger partial charge in [0.05, 0.1) is 29.3 Å². The van der Waals surface area contributed by atoms with Crippen LogP contribution >= 0.6 is 0 Å². The van der Waals surface area contributed by atoms with Gasteiger partial charge in [-0.15, -0.1) is 0 Å². The number of rotatable bonds is 8. The molecule has 0 unspecified atom stereocenters. The van der Waals surface area contributed by atoms with E-state index in [2.05, 4.69) is 87.4 Å². The Hall–Kier alpha value is -2.87. The molecule has 6 nitrogen and oxygen atoms in total. The Labute approximate surface area is 232 Å². The van der Waals surface area contributed by atoms with Gasteiger partial charge in [-0.25, -0.2) is 4.98 Å². The van der Waals surface area contributed by atoms with Gasteiger partial charge in [-0.1, -0.05) is 50.5 Å².